The Hall–Kier alpha value is -3.69. The summed E-state index contributed by atoms with van der Waals surface area (Å²) in [5.41, 5.74) is 1.32. The van der Waals surface area contributed by atoms with Crippen molar-refractivity contribution >= 4 is 34.4 Å². The van der Waals surface area contributed by atoms with E-state index in [1.807, 2.05) is 0 Å². The van der Waals surface area contributed by atoms with Gasteiger partial charge in [0.1, 0.15) is 11.6 Å². The third-order valence-corrected chi connectivity index (χ3v) is 6.44. The first-order valence-electron chi connectivity index (χ1n) is 12.0. The molecule has 0 aliphatic rings. The van der Waals surface area contributed by atoms with Crippen LogP contribution in [-0.4, -0.2) is 34.9 Å². The molecule has 1 aromatic heterocycles. The number of oxazole rings is 1. The highest BCUT2D eigenvalue weighted by atomic mass is 35.5. The number of rotatable bonds is 10. The van der Waals surface area contributed by atoms with E-state index in [1.54, 1.807) is 61.5 Å². The molecule has 4 aromatic rings. The monoisotopic (exact) mass is 543 g/mol. The van der Waals surface area contributed by atoms with E-state index >= 15 is 0 Å². The molecule has 0 aliphatic heterocycles. The van der Waals surface area contributed by atoms with Crippen molar-refractivity contribution in [3.05, 3.63) is 101 Å². The van der Waals surface area contributed by atoms with E-state index in [0.29, 0.717) is 21.7 Å². The fraction of sp³-hybridized carbons (Fsp3) is 0.250. The van der Waals surface area contributed by atoms with Crippen molar-refractivity contribution in [3.8, 4) is 0 Å². The molecule has 2 N–H and O–H groups in total. The van der Waals surface area contributed by atoms with Crippen molar-refractivity contribution in [1.29, 1.82) is 0 Å². The number of alkyl halides is 3. The predicted molar refractivity (Wildman–Crippen MR) is 138 cm³/mol. The standard InChI is InChI=1S/C28H25ClF3N3O3/c1-2-20(24(36)27-35-21-14-8-9-15-23(21)38-27)34-26(37)22(16-18-12-6-7-13-19(18)29)33-25(28(30,31)32)17-10-4-3-5-11-17/h3-15,20,22,25,33H,2,16H2,1H3,(H,34,37)/t20-,22-,25?/m0/s1. The summed E-state index contributed by atoms with van der Waals surface area (Å²) in [6, 6.07) is 16.1. The molecular formula is C28H25ClF3N3O3. The lowest BCUT2D eigenvalue weighted by Gasteiger charge is -2.28. The normalized spacial score (nSPS) is 14.1. The van der Waals surface area contributed by atoms with E-state index in [2.05, 4.69) is 15.6 Å². The number of carbonyl (C=O) groups is 2. The van der Waals surface area contributed by atoms with E-state index in [9.17, 15) is 22.8 Å². The number of benzene rings is 3. The van der Waals surface area contributed by atoms with Gasteiger partial charge in [-0.05, 0) is 42.2 Å². The first-order chi connectivity index (χ1) is 18.2. The number of aromatic nitrogens is 1. The fourth-order valence-electron chi connectivity index (χ4n) is 4.09. The maximum Gasteiger partial charge on any atom is 0.407 e. The Kier molecular flexibility index (Phi) is 8.48. The minimum atomic E-state index is -4.70. The van der Waals surface area contributed by atoms with E-state index in [0.717, 1.165) is 0 Å². The number of amides is 1. The Morgan fingerprint density at radius 2 is 1.61 bits per heavy atom. The van der Waals surface area contributed by atoms with Crippen LogP contribution in [0.25, 0.3) is 11.1 Å². The number of halogens is 4. The van der Waals surface area contributed by atoms with E-state index in [-0.39, 0.29) is 24.3 Å². The van der Waals surface area contributed by atoms with Gasteiger partial charge in [0.25, 0.3) is 5.89 Å². The van der Waals surface area contributed by atoms with Crippen LogP contribution in [0.1, 0.15) is 41.2 Å². The molecular weight excluding hydrogens is 519 g/mol. The second kappa shape index (κ2) is 11.8. The molecule has 1 amide bonds. The van der Waals surface area contributed by atoms with Crippen LogP contribution in [0.2, 0.25) is 5.02 Å². The average Bonchev–Trinajstić information content (AvgIpc) is 3.34. The van der Waals surface area contributed by atoms with Gasteiger partial charge in [0.2, 0.25) is 11.7 Å². The Bertz CT molecular complexity index is 1380. The molecule has 1 heterocycles. The molecule has 4 rings (SSSR count). The molecule has 0 bridgehead atoms. The number of fused-ring (bicyclic) bond motifs is 1. The van der Waals surface area contributed by atoms with Gasteiger partial charge in [-0.2, -0.15) is 13.2 Å². The summed E-state index contributed by atoms with van der Waals surface area (Å²) in [5.74, 6) is -1.55. The zero-order valence-corrected chi connectivity index (χ0v) is 21.1. The average molecular weight is 544 g/mol. The van der Waals surface area contributed by atoms with Crippen LogP contribution in [0.3, 0.4) is 0 Å². The van der Waals surface area contributed by atoms with Crippen LogP contribution < -0.4 is 10.6 Å². The third kappa shape index (κ3) is 6.41. The van der Waals surface area contributed by atoms with Crippen molar-refractivity contribution < 1.29 is 27.2 Å². The molecule has 0 saturated carbocycles. The van der Waals surface area contributed by atoms with Gasteiger partial charge in [-0.25, -0.2) is 4.98 Å². The first-order valence-corrected chi connectivity index (χ1v) is 12.4. The van der Waals surface area contributed by atoms with Gasteiger partial charge in [-0.3, -0.25) is 14.9 Å². The Balaban J connectivity index is 1.61. The Labute approximate surface area is 222 Å². The minimum Gasteiger partial charge on any atom is -0.434 e. The molecule has 38 heavy (non-hydrogen) atoms. The number of nitrogens with one attached hydrogen (secondary N) is 2. The lowest BCUT2D eigenvalue weighted by atomic mass is 10.00. The van der Waals surface area contributed by atoms with Crippen LogP contribution >= 0.6 is 11.6 Å². The maximum absolute atomic E-state index is 14.1. The highest BCUT2D eigenvalue weighted by Gasteiger charge is 2.43. The van der Waals surface area contributed by atoms with Crippen molar-refractivity contribution in [1.82, 2.24) is 15.6 Å². The van der Waals surface area contributed by atoms with Gasteiger partial charge in [-0.15, -0.1) is 0 Å². The molecule has 1 unspecified atom stereocenters. The molecule has 3 aromatic carbocycles. The molecule has 0 radical (unpaired) electrons. The van der Waals surface area contributed by atoms with Gasteiger partial charge in [0, 0.05) is 5.02 Å². The quantitative estimate of drug-likeness (QED) is 0.237. The van der Waals surface area contributed by atoms with E-state index in [4.69, 9.17) is 16.0 Å². The SMILES string of the molecule is CC[C@H](NC(=O)[C@H](Cc1ccccc1Cl)NC(c1ccccc1)C(F)(F)F)C(=O)c1nc2ccccc2o1. The molecule has 0 saturated heterocycles. The third-order valence-electron chi connectivity index (χ3n) is 6.07. The predicted octanol–water partition coefficient (Wildman–Crippen LogP) is 6.06. The van der Waals surface area contributed by atoms with Crippen molar-refractivity contribution in [3.63, 3.8) is 0 Å². The van der Waals surface area contributed by atoms with Gasteiger partial charge in [0.05, 0.1) is 12.1 Å². The first kappa shape index (κ1) is 27.3. The largest absolute Gasteiger partial charge is 0.434 e. The smallest absolute Gasteiger partial charge is 0.407 e. The molecule has 0 spiro atoms. The number of carbonyl (C=O) groups excluding carboxylic acids is 2. The van der Waals surface area contributed by atoms with Crippen LogP contribution in [0, 0.1) is 0 Å². The molecule has 6 nitrogen and oxygen atoms in total. The lowest BCUT2D eigenvalue weighted by molar-refractivity contribution is -0.161. The fourth-order valence-corrected chi connectivity index (χ4v) is 4.30. The Morgan fingerprint density at radius 1 is 0.947 bits per heavy atom. The number of ketones is 1. The van der Waals surface area contributed by atoms with Gasteiger partial charge in [-0.1, -0.05) is 79.2 Å². The molecule has 198 valence electrons. The Morgan fingerprint density at radius 3 is 2.26 bits per heavy atom. The number of para-hydroxylation sites is 2. The highest BCUT2D eigenvalue weighted by Crippen LogP contribution is 2.33. The van der Waals surface area contributed by atoms with Crippen molar-refractivity contribution in [2.75, 3.05) is 0 Å². The number of hydrogen-bond donors (Lipinski definition) is 2. The number of hydrogen-bond acceptors (Lipinski definition) is 5. The summed E-state index contributed by atoms with van der Waals surface area (Å²) in [5, 5.41) is 5.38. The summed E-state index contributed by atoms with van der Waals surface area (Å²) in [4.78, 5) is 30.8. The van der Waals surface area contributed by atoms with Crippen LogP contribution in [0.5, 0.6) is 0 Å². The second-order valence-electron chi connectivity index (χ2n) is 8.72. The highest BCUT2D eigenvalue weighted by molar-refractivity contribution is 6.31. The van der Waals surface area contributed by atoms with Crippen LogP contribution in [-0.2, 0) is 11.2 Å². The van der Waals surface area contributed by atoms with Crippen molar-refractivity contribution in [2.45, 2.75) is 44.1 Å². The topological polar surface area (TPSA) is 84.2 Å². The summed E-state index contributed by atoms with van der Waals surface area (Å²) < 4.78 is 47.9. The minimum absolute atomic E-state index is 0.0495. The summed E-state index contributed by atoms with van der Waals surface area (Å²) in [6.45, 7) is 1.67. The van der Waals surface area contributed by atoms with Gasteiger partial charge in [0.15, 0.2) is 5.58 Å². The van der Waals surface area contributed by atoms with Crippen LogP contribution in [0.15, 0.2) is 83.3 Å². The van der Waals surface area contributed by atoms with Crippen LogP contribution in [0.4, 0.5) is 13.2 Å². The molecule has 3 atom stereocenters. The summed E-state index contributed by atoms with van der Waals surface area (Å²) in [6.07, 6.45) is -4.67. The maximum atomic E-state index is 14.1. The number of Topliss-reactive ketones (excluding diaryl/α,β-unsaturated/α-hetero) is 1. The zero-order valence-electron chi connectivity index (χ0n) is 20.3. The van der Waals surface area contributed by atoms with E-state index in [1.165, 1.54) is 24.3 Å². The molecule has 10 heteroatoms. The van der Waals surface area contributed by atoms with Gasteiger partial charge < -0.3 is 9.73 Å². The number of nitrogens with zero attached hydrogens (tertiary/aromatic N) is 1. The summed E-state index contributed by atoms with van der Waals surface area (Å²) >= 11 is 6.26. The zero-order chi connectivity index (χ0) is 27.3. The summed E-state index contributed by atoms with van der Waals surface area (Å²) in [7, 11) is 0. The van der Waals surface area contributed by atoms with Crippen molar-refractivity contribution in [2.24, 2.45) is 0 Å². The molecule has 0 aliphatic carbocycles. The van der Waals surface area contributed by atoms with Gasteiger partial charge >= 0.3 is 6.18 Å². The molecule has 0 fully saturated rings. The lowest BCUT2D eigenvalue weighted by Crippen LogP contribution is -2.53. The second-order valence-corrected chi connectivity index (χ2v) is 9.13. The van der Waals surface area contributed by atoms with E-state index < -0.39 is 36.0 Å².